The minimum absolute atomic E-state index is 0.317. The van der Waals surface area contributed by atoms with Crippen LogP contribution in [0, 0.1) is 6.92 Å². The highest BCUT2D eigenvalue weighted by Crippen LogP contribution is 2.34. The molecule has 3 aromatic rings. The monoisotopic (exact) mass is 484 g/mol. The molecule has 0 bridgehead atoms. The number of ether oxygens (including phenoxy) is 2. The zero-order valence-electron chi connectivity index (χ0n) is 19.4. The fourth-order valence-corrected chi connectivity index (χ4v) is 6.66. The Morgan fingerprint density at radius 3 is 2.79 bits per heavy atom. The highest BCUT2D eigenvalue weighted by molar-refractivity contribution is 7.99. The van der Waals surface area contributed by atoms with E-state index in [9.17, 15) is 0 Å². The van der Waals surface area contributed by atoms with Crippen molar-refractivity contribution in [2.24, 2.45) is 0 Å². The number of thioether (sulfide) groups is 1. The van der Waals surface area contributed by atoms with E-state index >= 15 is 0 Å². The van der Waals surface area contributed by atoms with Crippen LogP contribution in [0.4, 0.5) is 0 Å². The van der Waals surface area contributed by atoms with Crippen molar-refractivity contribution in [1.82, 2.24) is 19.7 Å². The molecule has 6 nitrogen and oxygen atoms in total. The van der Waals surface area contributed by atoms with Gasteiger partial charge in [0.15, 0.2) is 5.16 Å². The summed E-state index contributed by atoms with van der Waals surface area (Å²) in [6, 6.07) is 10.5. The smallest absolute Gasteiger partial charge is 0.195 e. The van der Waals surface area contributed by atoms with Gasteiger partial charge >= 0.3 is 0 Å². The molecule has 176 valence electrons. The quantitative estimate of drug-likeness (QED) is 0.405. The normalized spacial score (nSPS) is 19.9. The summed E-state index contributed by atoms with van der Waals surface area (Å²) in [5.74, 6) is 3.25. The van der Waals surface area contributed by atoms with Gasteiger partial charge in [-0.2, -0.15) is 0 Å². The zero-order chi connectivity index (χ0) is 22.6. The van der Waals surface area contributed by atoms with Gasteiger partial charge in [-0.1, -0.05) is 17.8 Å². The Kier molecular flexibility index (Phi) is 7.35. The molecule has 5 rings (SSSR count). The van der Waals surface area contributed by atoms with Crippen molar-refractivity contribution >= 4 is 23.1 Å². The van der Waals surface area contributed by atoms with Gasteiger partial charge in [0.2, 0.25) is 0 Å². The van der Waals surface area contributed by atoms with Crippen molar-refractivity contribution in [3.8, 4) is 11.4 Å². The maximum Gasteiger partial charge on any atom is 0.195 e. The Hall–Kier alpha value is -1.87. The van der Waals surface area contributed by atoms with E-state index < -0.39 is 0 Å². The number of hydrogen-bond donors (Lipinski definition) is 0. The van der Waals surface area contributed by atoms with E-state index in [4.69, 9.17) is 14.6 Å². The standard InChI is InChI=1S/C25H32N4O2S2/c1-18-10-14-32-23(18)16-28-11-8-19(9-12-28)24-26-27-25(33-17-22-7-4-13-31-22)29(24)20-5-3-6-21(15-20)30-2/h3,5-6,10,14-15,19,22H,4,7-9,11-13,16-17H2,1-2H3/t22-/m0/s1. The SMILES string of the molecule is COc1cccc(-n2c(SC[C@@H]3CCCO3)nnc2C2CCN(Cc3sccc3C)CC2)c1. The Morgan fingerprint density at radius 2 is 2.06 bits per heavy atom. The van der Waals surface area contributed by atoms with Crippen molar-refractivity contribution in [3.05, 3.63) is 52.0 Å². The molecule has 1 atom stereocenters. The molecule has 0 N–H and O–H groups in total. The van der Waals surface area contributed by atoms with Crippen molar-refractivity contribution in [3.63, 3.8) is 0 Å². The molecule has 2 aromatic heterocycles. The van der Waals surface area contributed by atoms with Gasteiger partial charge in [-0.15, -0.1) is 21.5 Å². The van der Waals surface area contributed by atoms with Gasteiger partial charge in [0.05, 0.1) is 18.9 Å². The van der Waals surface area contributed by atoms with Crippen LogP contribution in [0.5, 0.6) is 5.75 Å². The summed E-state index contributed by atoms with van der Waals surface area (Å²) in [6.45, 7) is 6.33. The molecule has 0 aliphatic carbocycles. The molecule has 1 aromatic carbocycles. The van der Waals surface area contributed by atoms with E-state index in [-0.39, 0.29) is 0 Å². The summed E-state index contributed by atoms with van der Waals surface area (Å²) >= 11 is 3.63. The third kappa shape index (κ3) is 5.29. The first kappa shape index (κ1) is 22.9. The fourth-order valence-electron chi connectivity index (χ4n) is 4.69. The Balaban J connectivity index is 1.34. The van der Waals surface area contributed by atoms with Gasteiger partial charge in [-0.05, 0) is 74.8 Å². The zero-order valence-corrected chi connectivity index (χ0v) is 21.0. The number of rotatable bonds is 8. The molecular formula is C25H32N4O2S2. The number of aromatic nitrogens is 3. The Labute approximate surface area is 204 Å². The average Bonchev–Trinajstić information content (AvgIpc) is 3.60. The molecule has 2 fully saturated rings. The first-order chi connectivity index (χ1) is 16.2. The number of nitrogens with zero attached hydrogens (tertiary/aromatic N) is 4. The predicted molar refractivity (Wildman–Crippen MR) is 134 cm³/mol. The van der Waals surface area contributed by atoms with Crippen LogP contribution < -0.4 is 4.74 Å². The lowest BCUT2D eigenvalue weighted by atomic mass is 9.95. The van der Waals surface area contributed by atoms with Crippen LogP contribution in [0.1, 0.15) is 47.9 Å². The third-order valence-electron chi connectivity index (χ3n) is 6.68. The van der Waals surface area contributed by atoms with Crippen molar-refractivity contribution in [2.45, 2.75) is 56.3 Å². The maximum absolute atomic E-state index is 5.84. The minimum Gasteiger partial charge on any atom is -0.497 e. The molecular weight excluding hydrogens is 452 g/mol. The summed E-state index contributed by atoms with van der Waals surface area (Å²) in [5, 5.41) is 12.5. The van der Waals surface area contributed by atoms with Gasteiger partial charge in [0, 0.05) is 35.8 Å². The van der Waals surface area contributed by atoms with Crippen LogP contribution in [0.3, 0.4) is 0 Å². The summed E-state index contributed by atoms with van der Waals surface area (Å²) in [7, 11) is 1.71. The lowest BCUT2D eigenvalue weighted by Gasteiger charge is -2.31. The Bertz CT molecular complexity index is 1050. The van der Waals surface area contributed by atoms with Crippen molar-refractivity contribution < 1.29 is 9.47 Å². The molecule has 2 saturated heterocycles. The molecule has 8 heteroatoms. The van der Waals surface area contributed by atoms with Gasteiger partial charge in [0.25, 0.3) is 0 Å². The summed E-state index contributed by atoms with van der Waals surface area (Å²) in [4.78, 5) is 4.06. The van der Waals surface area contributed by atoms with Crippen molar-refractivity contribution in [1.29, 1.82) is 0 Å². The van der Waals surface area contributed by atoms with Crippen LogP contribution >= 0.6 is 23.1 Å². The number of thiophene rings is 1. The van der Waals surface area contributed by atoms with E-state index in [1.165, 1.54) is 10.4 Å². The van der Waals surface area contributed by atoms with E-state index in [0.717, 1.165) is 80.1 Å². The molecule has 2 aliphatic rings. The summed E-state index contributed by atoms with van der Waals surface area (Å²) < 4.78 is 13.6. The second-order valence-electron chi connectivity index (χ2n) is 8.90. The van der Waals surface area contributed by atoms with Crippen LogP contribution in [0.2, 0.25) is 0 Å². The molecule has 0 radical (unpaired) electrons. The lowest BCUT2D eigenvalue weighted by molar-refractivity contribution is 0.129. The molecule has 0 saturated carbocycles. The lowest BCUT2D eigenvalue weighted by Crippen LogP contribution is -2.33. The molecule has 4 heterocycles. The molecule has 33 heavy (non-hydrogen) atoms. The van der Waals surface area contributed by atoms with Crippen LogP contribution in [-0.2, 0) is 11.3 Å². The summed E-state index contributed by atoms with van der Waals surface area (Å²) in [6.07, 6.45) is 4.81. The topological polar surface area (TPSA) is 52.4 Å². The van der Waals surface area contributed by atoms with Gasteiger partial charge in [0.1, 0.15) is 11.6 Å². The van der Waals surface area contributed by atoms with E-state index in [1.807, 2.05) is 23.5 Å². The fraction of sp³-hybridized carbons (Fsp3) is 0.520. The highest BCUT2D eigenvalue weighted by atomic mass is 32.2. The molecule has 0 spiro atoms. The van der Waals surface area contributed by atoms with Gasteiger partial charge < -0.3 is 9.47 Å². The third-order valence-corrected chi connectivity index (χ3v) is 8.75. The highest BCUT2D eigenvalue weighted by Gasteiger charge is 2.28. The second-order valence-corrected chi connectivity index (χ2v) is 10.9. The average molecular weight is 485 g/mol. The predicted octanol–water partition coefficient (Wildman–Crippen LogP) is 5.30. The Morgan fingerprint density at radius 1 is 1.18 bits per heavy atom. The molecule has 0 amide bonds. The number of likely N-dealkylation sites (tertiary alicyclic amines) is 1. The minimum atomic E-state index is 0.317. The number of methoxy groups -OCH3 is 1. The maximum atomic E-state index is 5.84. The number of hydrogen-bond acceptors (Lipinski definition) is 7. The van der Waals surface area contributed by atoms with Gasteiger partial charge in [-0.25, -0.2) is 0 Å². The molecule has 2 aliphatic heterocycles. The number of aryl methyl sites for hydroxylation is 1. The van der Waals surface area contributed by atoms with Crippen LogP contribution in [0.15, 0.2) is 40.9 Å². The van der Waals surface area contributed by atoms with Crippen LogP contribution in [-0.4, -0.2) is 58.3 Å². The number of piperidine rings is 1. The molecule has 0 unspecified atom stereocenters. The summed E-state index contributed by atoms with van der Waals surface area (Å²) in [5.41, 5.74) is 2.48. The van der Waals surface area contributed by atoms with Gasteiger partial charge in [-0.3, -0.25) is 9.47 Å². The second kappa shape index (κ2) is 10.6. The number of benzene rings is 1. The first-order valence-electron chi connectivity index (χ1n) is 11.8. The van der Waals surface area contributed by atoms with Crippen molar-refractivity contribution in [2.75, 3.05) is 32.6 Å². The first-order valence-corrected chi connectivity index (χ1v) is 13.7. The van der Waals surface area contributed by atoms with Crippen LogP contribution in [0.25, 0.3) is 5.69 Å². The van der Waals surface area contributed by atoms with E-state index in [2.05, 4.69) is 45.1 Å². The van der Waals surface area contributed by atoms with E-state index in [0.29, 0.717) is 12.0 Å². The largest absolute Gasteiger partial charge is 0.497 e. The van der Waals surface area contributed by atoms with E-state index in [1.54, 1.807) is 18.9 Å².